The summed E-state index contributed by atoms with van der Waals surface area (Å²) in [4.78, 5) is 12.7. The highest BCUT2D eigenvalue weighted by molar-refractivity contribution is 7.93. The Morgan fingerprint density at radius 3 is 2.55 bits per heavy atom. The zero-order chi connectivity index (χ0) is 21.2. The summed E-state index contributed by atoms with van der Waals surface area (Å²) in [6, 6.07) is 12.5. The molecule has 1 heterocycles. The number of hydrogen-bond donors (Lipinski definition) is 1. The third kappa shape index (κ3) is 4.55. The zero-order valence-electron chi connectivity index (χ0n) is 15.8. The van der Waals surface area contributed by atoms with E-state index in [0.717, 1.165) is 27.4 Å². The monoisotopic (exact) mass is 448 g/mol. The smallest absolute Gasteiger partial charge is 0.311 e. The van der Waals surface area contributed by atoms with Gasteiger partial charge in [-0.05, 0) is 42.7 Å². The molecule has 3 rings (SSSR count). The molecule has 0 bridgehead atoms. The van der Waals surface area contributed by atoms with Crippen molar-refractivity contribution in [1.29, 1.82) is 0 Å². The molecule has 1 N–H and O–H groups in total. The standard InChI is InChI=1S/C22H21ClO4S2/c1-3-16(10-9-15(2)23)19-11-12-20(28-19)29(26,27)14-22(21(24)25)13-18(22)17-7-5-4-6-8-17/h3-12,18H,2,13-14H2,1H3,(H,24,25)/b10-9-,16-3?. The molecule has 29 heavy (non-hydrogen) atoms. The fourth-order valence-electron chi connectivity index (χ4n) is 3.44. The van der Waals surface area contributed by atoms with Crippen LogP contribution in [0.3, 0.4) is 0 Å². The highest BCUT2D eigenvalue weighted by atomic mass is 35.5. The predicted molar refractivity (Wildman–Crippen MR) is 118 cm³/mol. The van der Waals surface area contributed by atoms with E-state index >= 15 is 0 Å². The third-order valence-corrected chi connectivity index (χ3v) is 8.79. The van der Waals surface area contributed by atoms with Crippen molar-refractivity contribution in [2.75, 3.05) is 5.75 Å². The lowest BCUT2D eigenvalue weighted by atomic mass is 10.0. The number of halogens is 1. The fourth-order valence-corrected chi connectivity index (χ4v) is 6.79. The van der Waals surface area contributed by atoms with Crippen molar-refractivity contribution in [1.82, 2.24) is 0 Å². The van der Waals surface area contributed by atoms with Crippen molar-refractivity contribution in [3.63, 3.8) is 0 Å². The first-order valence-corrected chi connectivity index (χ1v) is 11.8. The van der Waals surface area contributed by atoms with Crippen molar-refractivity contribution < 1.29 is 18.3 Å². The molecule has 1 fully saturated rings. The summed E-state index contributed by atoms with van der Waals surface area (Å²) in [5, 5.41) is 10.2. The molecule has 2 aromatic rings. The molecule has 2 unspecified atom stereocenters. The summed E-state index contributed by atoms with van der Waals surface area (Å²) < 4.78 is 26.2. The van der Waals surface area contributed by atoms with Crippen molar-refractivity contribution in [3.05, 3.63) is 82.7 Å². The van der Waals surface area contributed by atoms with E-state index in [-0.39, 0.29) is 10.1 Å². The first-order chi connectivity index (χ1) is 13.7. The van der Waals surface area contributed by atoms with Crippen molar-refractivity contribution in [2.24, 2.45) is 5.41 Å². The number of allylic oxidation sites excluding steroid dienone is 5. The number of benzene rings is 1. The molecule has 2 atom stereocenters. The third-order valence-electron chi connectivity index (χ3n) is 5.08. The molecule has 0 radical (unpaired) electrons. The Morgan fingerprint density at radius 2 is 1.97 bits per heavy atom. The fraction of sp³-hybridized carbons (Fsp3) is 0.227. The van der Waals surface area contributed by atoms with E-state index in [1.54, 1.807) is 18.2 Å². The van der Waals surface area contributed by atoms with Gasteiger partial charge in [-0.1, -0.05) is 60.7 Å². The number of carbonyl (C=O) groups is 1. The minimum Gasteiger partial charge on any atom is -0.481 e. The lowest BCUT2D eigenvalue weighted by Crippen LogP contribution is -2.26. The maximum atomic E-state index is 13.0. The van der Waals surface area contributed by atoms with Gasteiger partial charge in [-0.2, -0.15) is 0 Å². The average Bonchev–Trinajstić information content (AvgIpc) is 3.17. The molecule has 1 aromatic carbocycles. The average molecular weight is 449 g/mol. The summed E-state index contributed by atoms with van der Waals surface area (Å²) in [7, 11) is -3.75. The molecule has 1 aromatic heterocycles. The van der Waals surface area contributed by atoms with Gasteiger partial charge in [-0.15, -0.1) is 11.3 Å². The number of carboxylic acids is 1. The molecule has 0 spiro atoms. The summed E-state index contributed by atoms with van der Waals surface area (Å²) in [5.74, 6) is -1.77. The van der Waals surface area contributed by atoms with E-state index in [0.29, 0.717) is 11.5 Å². The van der Waals surface area contributed by atoms with Crippen LogP contribution in [-0.4, -0.2) is 25.2 Å². The molecule has 1 aliphatic rings. The van der Waals surface area contributed by atoms with Crippen LogP contribution in [-0.2, 0) is 14.6 Å². The maximum absolute atomic E-state index is 13.0. The van der Waals surface area contributed by atoms with Crippen molar-refractivity contribution in [3.8, 4) is 0 Å². The molecule has 152 valence electrons. The quantitative estimate of drug-likeness (QED) is 0.542. The lowest BCUT2D eigenvalue weighted by molar-refractivity contribution is -0.142. The molecule has 0 saturated heterocycles. The van der Waals surface area contributed by atoms with Gasteiger partial charge < -0.3 is 5.11 Å². The second-order valence-corrected chi connectivity index (χ2v) is 10.8. The number of hydrogen-bond acceptors (Lipinski definition) is 4. The lowest BCUT2D eigenvalue weighted by Gasteiger charge is -2.12. The minimum absolute atomic E-state index is 0.171. The molecule has 0 aliphatic heterocycles. The van der Waals surface area contributed by atoms with E-state index < -0.39 is 27.0 Å². The van der Waals surface area contributed by atoms with E-state index in [9.17, 15) is 18.3 Å². The van der Waals surface area contributed by atoms with Crippen LogP contribution in [0.2, 0.25) is 0 Å². The van der Waals surface area contributed by atoms with E-state index in [1.165, 1.54) is 6.07 Å². The van der Waals surface area contributed by atoms with E-state index in [1.807, 2.05) is 43.3 Å². The van der Waals surface area contributed by atoms with E-state index in [2.05, 4.69) is 6.58 Å². The van der Waals surface area contributed by atoms with Gasteiger partial charge in [-0.3, -0.25) is 4.79 Å². The van der Waals surface area contributed by atoms with E-state index in [4.69, 9.17) is 11.6 Å². The molecule has 4 nitrogen and oxygen atoms in total. The van der Waals surface area contributed by atoms with Gasteiger partial charge in [0.15, 0.2) is 9.84 Å². The molecule has 1 saturated carbocycles. The van der Waals surface area contributed by atoms with Gasteiger partial charge in [-0.25, -0.2) is 8.42 Å². The van der Waals surface area contributed by atoms with Crippen molar-refractivity contribution in [2.45, 2.75) is 23.5 Å². The summed E-state index contributed by atoms with van der Waals surface area (Å²) >= 11 is 6.89. The Labute approximate surface area is 179 Å². The van der Waals surface area contributed by atoms with Gasteiger partial charge in [0.1, 0.15) is 4.21 Å². The second kappa shape index (κ2) is 8.30. The van der Waals surface area contributed by atoms with Crippen LogP contribution >= 0.6 is 22.9 Å². The maximum Gasteiger partial charge on any atom is 0.311 e. The van der Waals surface area contributed by atoms with Crippen LogP contribution in [0.5, 0.6) is 0 Å². The summed E-state index contributed by atoms with van der Waals surface area (Å²) in [5.41, 5.74) is 0.406. The van der Waals surface area contributed by atoms with Crippen LogP contribution in [0.25, 0.3) is 5.57 Å². The van der Waals surface area contributed by atoms with Crippen LogP contribution < -0.4 is 0 Å². The Bertz CT molecular complexity index is 1100. The topological polar surface area (TPSA) is 71.4 Å². The Balaban J connectivity index is 1.85. The highest BCUT2D eigenvalue weighted by Crippen LogP contribution is 2.60. The van der Waals surface area contributed by atoms with Gasteiger partial charge in [0.2, 0.25) is 0 Å². The molecular weight excluding hydrogens is 428 g/mol. The number of sulfone groups is 1. The zero-order valence-corrected chi connectivity index (χ0v) is 18.2. The first kappa shape index (κ1) is 21.6. The van der Waals surface area contributed by atoms with Gasteiger partial charge >= 0.3 is 5.97 Å². The predicted octanol–water partition coefficient (Wildman–Crippen LogP) is 5.49. The van der Waals surface area contributed by atoms with Crippen LogP contribution in [0.4, 0.5) is 0 Å². The van der Waals surface area contributed by atoms with Crippen LogP contribution in [0, 0.1) is 5.41 Å². The molecule has 1 aliphatic carbocycles. The first-order valence-electron chi connectivity index (χ1n) is 9.00. The molecule has 0 amide bonds. The number of rotatable bonds is 8. The minimum atomic E-state index is -3.75. The summed E-state index contributed by atoms with van der Waals surface area (Å²) in [6.45, 7) is 5.44. The van der Waals surface area contributed by atoms with Gasteiger partial charge in [0.05, 0.1) is 11.2 Å². The largest absolute Gasteiger partial charge is 0.481 e. The second-order valence-electron chi connectivity index (χ2n) is 7.03. The Kier molecular flexibility index (Phi) is 6.17. The molecule has 7 heteroatoms. The SMILES string of the molecule is C=C(Cl)/C=C\C(=CC)c1ccc(S(=O)(=O)CC2(C(=O)O)CC2c2ccccc2)s1. The van der Waals surface area contributed by atoms with Gasteiger partial charge in [0, 0.05) is 15.8 Å². The van der Waals surface area contributed by atoms with Gasteiger partial charge in [0.25, 0.3) is 0 Å². The van der Waals surface area contributed by atoms with Crippen molar-refractivity contribution >= 4 is 44.3 Å². The number of thiophene rings is 1. The summed E-state index contributed by atoms with van der Waals surface area (Å²) in [6.07, 6.45) is 5.58. The Hall–Kier alpha value is -2.15. The normalized spacial score (nSPS) is 22.0. The molecular formula is C22H21ClO4S2. The number of aliphatic carboxylic acids is 1. The van der Waals surface area contributed by atoms with Crippen LogP contribution in [0.1, 0.15) is 29.7 Å². The van der Waals surface area contributed by atoms with Crippen LogP contribution in [0.15, 0.2) is 76.5 Å². The highest BCUT2D eigenvalue weighted by Gasteiger charge is 2.63. The Morgan fingerprint density at radius 1 is 1.28 bits per heavy atom. The number of carboxylic acid groups (broad SMARTS) is 1.